The Labute approximate surface area is 347 Å². The zero-order chi connectivity index (χ0) is 40.3. The lowest BCUT2D eigenvalue weighted by atomic mass is 9.87. The van der Waals surface area contributed by atoms with E-state index >= 15 is 0 Å². The number of fused-ring (bicyclic) bond motifs is 1. The van der Waals surface area contributed by atoms with Crippen LogP contribution in [0.5, 0.6) is 0 Å². The third-order valence-corrected chi connectivity index (χ3v) is 10.5. The second-order valence-corrected chi connectivity index (χ2v) is 14.2. The van der Waals surface area contributed by atoms with Gasteiger partial charge >= 0.3 is 0 Å². The highest BCUT2D eigenvalue weighted by Gasteiger charge is 2.20. The molecule has 0 unspecified atom stereocenters. The molecule has 60 heavy (non-hydrogen) atoms. The summed E-state index contributed by atoms with van der Waals surface area (Å²) in [4.78, 5) is 29.7. The van der Waals surface area contributed by atoms with Crippen molar-refractivity contribution in [3.05, 3.63) is 206 Å². The van der Waals surface area contributed by atoms with Crippen LogP contribution in [0.25, 0.3) is 101 Å². The summed E-state index contributed by atoms with van der Waals surface area (Å²) in [6, 6.07) is 68.8. The molecule has 2 aromatic heterocycles. The lowest BCUT2D eigenvalue weighted by Crippen LogP contribution is -2.01. The molecule has 0 aliphatic rings. The topological polar surface area (TPSA) is 101 Å². The van der Waals surface area contributed by atoms with E-state index in [9.17, 15) is 5.26 Å². The lowest BCUT2D eigenvalue weighted by molar-refractivity contribution is 1.07. The van der Waals surface area contributed by atoms with Crippen LogP contribution in [0.15, 0.2) is 200 Å². The first-order valence-corrected chi connectivity index (χ1v) is 19.6. The highest BCUT2D eigenvalue weighted by Crippen LogP contribution is 2.41. The van der Waals surface area contributed by atoms with Crippen molar-refractivity contribution >= 4 is 10.8 Å². The quantitative estimate of drug-likeness (QED) is 0.152. The second kappa shape index (κ2) is 15.8. The molecule has 280 valence electrons. The maximum Gasteiger partial charge on any atom is 0.164 e. The van der Waals surface area contributed by atoms with E-state index in [1.54, 1.807) is 0 Å². The monoisotopic (exact) mass is 767 g/mol. The summed E-state index contributed by atoms with van der Waals surface area (Å²) >= 11 is 0. The minimum absolute atomic E-state index is 0.564. The molecule has 0 atom stereocenters. The maximum absolute atomic E-state index is 10.5. The number of rotatable bonds is 8. The van der Waals surface area contributed by atoms with Crippen molar-refractivity contribution in [2.75, 3.05) is 0 Å². The molecule has 0 spiro atoms. The van der Waals surface area contributed by atoms with Crippen LogP contribution in [-0.2, 0) is 0 Å². The first kappa shape index (κ1) is 35.9. The number of hydrogen-bond acceptors (Lipinski definition) is 7. The Bertz CT molecular complexity index is 3070. The lowest BCUT2D eigenvalue weighted by Gasteiger charge is -2.17. The third-order valence-electron chi connectivity index (χ3n) is 10.5. The first-order chi connectivity index (χ1) is 29.7. The van der Waals surface area contributed by atoms with Crippen LogP contribution in [0.1, 0.15) is 5.56 Å². The van der Waals surface area contributed by atoms with Gasteiger partial charge in [0, 0.05) is 38.9 Å². The summed E-state index contributed by atoms with van der Waals surface area (Å²) in [5.74, 6) is 3.54. The highest BCUT2D eigenvalue weighted by atomic mass is 15.0. The molecular formula is C53H33N7. The Balaban J connectivity index is 1.08. The summed E-state index contributed by atoms with van der Waals surface area (Å²) in [5.41, 5.74) is 9.59. The largest absolute Gasteiger partial charge is 0.208 e. The predicted molar refractivity (Wildman–Crippen MR) is 239 cm³/mol. The Morgan fingerprint density at radius 3 is 1.05 bits per heavy atom. The minimum atomic E-state index is 0.564. The van der Waals surface area contributed by atoms with E-state index < -0.39 is 0 Å². The number of aromatic nitrogens is 6. The molecule has 10 aromatic rings. The van der Waals surface area contributed by atoms with Crippen molar-refractivity contribution in [2.24, 2.45) is 0 Å². The van der Waals surface area contributed by atoms with E-state index in [4.69, 9.17) is 29.9 Å². The zero-order valence-electron chi connectivity index (χ0n) is 32.2. The number of benzene rings is 8. The van der Waals surface area contributed by atoms with E-state index in [1.165, 1.54) is 0 Å². The molecule has 0 amide bonds. The van der Waals surface area contributed by atoms with Crippen molar-refractivity contribution in [3.63, 3.8) is 0 Å². The molecule has 0 aliphatic heterocycles. The van der Waals surface area contributed by atoms with E-state index in [0.717, 1.165) is 66.4 Å². The van der Waals surface area contributed by atoms with Crippen LogP contribution in [0.3, 0.4) is 0 Å². The van der Waals surface area contributed by atoms with E-state index in [-0.39, 0.29) is 0 Å². The van der Waals surface area contributed by atoms with Gasteiger partial charge in [0.1, 0.15) is 0 Å². The average Bonchev–Trinajstić information content (AvgIpc) is 3.34. The molecule has 0 N–H and O–H groups in total. The van der Waals surface area contributed by atoms with Gasteiger partial charge in [-0.2, -0.15) is 5.26 Å². The maximum atomic E-state index is 10.5. The van der Waals surface area contributed by atoms with Gasteiger partial charge in [0.05, 0.1) is 11.6 Å². The Morgan fingerprint density at radius 1 is 0.267 bits per heavy atom. The molecule has 0 saturated heterocycles. The molecule has 0 radical (unpaired) electrons. The van der Waals surface area contributed by atoms with Gasteiger partial charge in [-0.1, -0.05) is 188 Å². The Kier molecular flexibility index (Phi) is 9.47. The number of nitrogens with zero attached hydrogens (tertiary/aromatic N) is 7. The Morgan fingerprint density at radius 2 is 0.617 bits per heavy atom. The van der Waals surface area contributed by atoms with Crippen molar-refractivity contribution in [2.45, 2.75) is 0 Å². The van der Waals surface area contributed by atoms with E-state index in [1.807, 2.05) is 170 Å². The number of hydrogen-bond donors (Lipinski definition) is 0. The SMILES string of the molecule is N#Cc1cccc(-c2ccc(-c3nc(-c4ccccc4)nc(-c4ccccc4)n3)c3ccccc23)c1-c1ccc(-c2nc(-c3ccccc3)nc(-c3ccccc3)n2)cc1. The van der Waals surface area contributed by atoms with Crippen molar-refractivity contribution in [1.29, 1.82) is 5.26 Å². The van der Waals surface area contributed by atoms with Crippen molar-refractivity contribution < 1.29 is 0 Å². The van der Waals surface area contributed by atoms with Gasteiger partial charge in [-0.3, -0.25) is 0 Å². The summed E-state index contributed by atoms with van der Waals surface area (Å²) in [5, 5.41) is 12.5. The smallest absolute Gasteiger partial charge is 0.164 e. The van der Waals surface area contributed by atoms with Crippen molar-refractivity contribution in [3.8, 4) is 96.7 Å². The molecular weight excluding hydrogens is 735 g/mol. The fourth-order valence-corrected chi connectivity index (χ4v) is 7.56. The summed E-state index contributed by atoms with van der Waals surface area (Å²) in [6.07, 6.45) is 0. The molecule has 0 saturated carbocycles. The minimum Gasteiger partial charge on any atom is -0.208 e. The molecule has 0 aliphatic carbocycles. The van der Waals surface area contributed by atoms with Crippen LogP contribution in [0, 0.1) is 11.3 Å². The fourth-order valence-electron chi connectivity index (χ4n) is 7.56. The zero-order valence-corrected chi connectivity index (χ0v) is 32.2. The van der Waals surface area contributed by atoms with Gasteiger partial charge in [-0.25, -0.2) is 29.9 Å². The number of nitriles is 1. The normalized spacial score (nSPS) is 11.0. The van der Waals surface area contributed by atoms with Gasteiger partial charge in [-0.15, -0.1) is 0 Å². The molecule has 0 bridgehead atoms. The molecule has 7 heteroatoms. The van der Waals surface area contributed by atoms with E-state index in [0.29, 0.717) is 40.5 Å². The first-order valence-electron chi connectivity index (χ1n) is 19.6. The predicted octanol–water partition coefficient (Wildman–Crippen LogP) is 12.4. The molecule has 2 heterocycles. The molecule has 0 fully saturated rings. The van der Waals surface area contributed by atoms with Crippen molar-refractivity contribution in [1.82, 2.24) is 29.9 Å². The van der Waals surface area contributed by atoms with Crippen LogP contribution < -0.4 is 0 Å². The van der Waals surface area contributed by atoms with Gasteiger partial charge in [-0.05, 0) is 39.6 Å². The average molecular weight is 768 g/mol. The summed E-state index contributed by atoms with van der Waals surface area (Å²) < 4.78 is 0. The van der Waals surface area contributed by atoms with Crippen LogP contribution >= 0.6 is 0 Å². The molecule has 8 aromatic carbocycles. The second-order valence-electron chi connectivity index (χ2n) is 14.2. The Hall–Kier alpha value is -8.47. The van der Waals surface area contributed by atoms with Crippen LogP contribution in [0.2, 0.25) is 0 Å². The van der Waals surface area contributed by atoms with E-state index in [2.05, 4.69) is 36.4 Å². The standard InChI is InChI=1S/C53H33N7/c54-34-41-24-15-27-45(47(41)35-28-30-40(31-29-35)52-56-48(36-16-5-1-6-17-36)55-49(57-52)37-18-7-2-8-19-37)44-32-33-46(43-26-14-13-25-42(43)44)53-59-50(38-20-9-3-10-21-38)58-51(60-53)39-22-11-4-12-23-39/h1-33H. The van der Waals surface area contributed by atoms with Crippen LogP contribution in [-0.4, -0.2) is 29.9 Å². The van der Waals surface area contributed by atoms with Gasteiger partial charge in [0.15, 0.2) is 34.9 Å². The molecule has 10 rings (SSSR count). The van der Waals surface area contributed by atoms with Crippen LogP contribution in [0.4, 0.5) is 0 Å². The molecule has 7 nitrogen and oxygen atoms in total. The third kappa shape index (κ3) is 6.95. The van der Waals surface area contributed by atoms with Gasteiger partial charge in [0.25, 0.3) is 0 Å². The summed E-state index contributed by atoms with van der Waals surface area (Å²) in [7, 11) is 0. The van der Waals surface area contributed by atoms with Gasteiger partial charge < -0.3 is 0 Å². The van der Waals surface area contributed by atoms with Gasteiger partial charge in [0.2, 0.25) is 0 Å². The fraction of sp³-hybridized carbons (Fsp3) is 0. The highest BCUT2D eigenvalue weighted by molar-refractivity contribution is 6.07. The summed E-state index contributed by atoms with van der Waals surface area (Å²) in [6.45, 7) is 0.